The van der Waals surface area contributed by atoms with Crippen molar-refractivity contribution in [3.63, 3.8) is 0 Å². The first kappa shape index (κ1) is 19.4. The normalized spacial score (nSPS) is 15.3. The van der Waals surface area contributed by atoms with Crippen LogP contribution in [0.2, 0.25) is 0 Å². The van der Waals surface area contributed by atoms with Gasteiger partial charge >= 0.3 is 0 Å². The van der Waals surface area contributed by atoms with E-state index in [0.717, 1.165) is 56.3 Å². The second-order valence-corrected chi connectivity index (χ2v) is 7.56. The van der Waals surface area contributed by atoms with Gasteiger partial charge in [0, 0.05) is 37.8 Å². The van der Waals surface area contributed by atoms with Crippen LogP contribution in [0.3, 0.4) is 0 Å². The lowest BCUT2D eigenvalue weighted by atomic mass is 10.1. The zero-order valence-corrected chi connectivity index (χ0v) is 16.5. The summed E-state index contributed by atoms with van der Waals surface area (Å²) in [4.78, 5) is 16.9. The Morgan fingerprint density at radius 3 is 2.48 bits per heavy atom. The van der Waals surface area contributed by atoms with Gasteiger partial charge in [-0.3, -0.25) is 9.69 Å². The summed E-state index contributed by atoms with van der Waals surface area (Å²) in [7, 11) is 0. The number of benzene rings is 1. The van der Waals surface area contributed by atoms with Gasteiger partial charge in [-0.1, -0.05) is 19.0 Å². The van der Waals surface area contributed by atoms with Gasteiger partial charge in [-0.25, -0.2) is 0 Å². The molecule has 1 aliphatic rings. The zero-order valence-electron chi connectivity index (χ0n) is 16.5. The molecule has 1 fully saturated rings. The number of hydrogen-bond donors (Lipinski definition) is 0. The molecule has 1 amide bonds. The third-order valence-corrected chi connectivity index (χ3v) is 4.78. The molecule has 1 saturated heterocycles. The molecule has 146 valence electrons. The van der Waals surface area contributed by atoms with Gasteiger partial charge in [0.2, 0.25) is 0 Å². The summed E-state index contributed by atoms with van der Waals surface area (Å²) >= 11 is 0. The molecule has 2 heterocycles. The van der Waals surface area contributed by atoms with Crippen molar-refractivity contribution in [2.24, 2.45) is 5.92 Å². The van der Waals surface area contributed by atoms with Gasteiger partial charge in [-0.05, 0) is 43.5 Å². The molecule has 6 heteroatoms. The Hall–Kier alpha value is -2.34. The van der Waals surface area contributed by atoms with Crippen LogP contribution in [0.25, 0.3) is 0 Å². The molecule has 0 N–H and O–H groups in total. The highest BCUT2D eigenvalue weighted by molar-refractivity contribution is 5.94. The van der Waals surface area contributed by atoms with Crippen LogP contribution in [-0.4, -0.2) is 53.6 Å². The van der Waals surface area contributed by atoms with E-state index in [2.05, 4.69) is 23.9 Å². The molecule has 0 unspecified atom stereocenters. The molecule has 1 aliphatic heterocycles. The Morgan fingerprint density at radius 2 is 1.89 bits per heavy atom. The summed E-state index contributed by atoms with van der Waals surface area (Å²) < 4.78 is 11.0. The quantitative estimate of drug-likeness (QED) is 0.747. The largest absolute Gasteiger partial charge is 0.494 e. The van der Waals surface area contributed by atoms with Gasteiger partial charge in [0.05, 0.1) is 18.8 Å². The topological polar surface area (TPSA) is 58.8 Å². The summed E-state index contributed by atoms with van der Waals surface area (Å²) in [6.07, 6.45) is 1.03. The minimum absolute atomic E-state index is 0.0823. The minimum Gasteiger partial charge on any atom is -0.494 e. The van der Waals surface area contributed by atoms with Gasteiger partial charge in [-0.2, -0.15) is 0 Å². The van der Waals surface area contributed by atoms with Gasteiger partial charge in [-0.15, -0.1) is 0 Å². The van der Waals surface area contributed by atoms with E-state index >= 15 is 0 Å². The van der Waals surface area contributed by atoms with E-state index in [1.54, 1.807) is 0 Å². The van der Waals surface area contributed by atoms with Crippen LogP contribution >= 0.6 is 0 Å². The van der Waals surface area contributed by atoms with Crippen LogP contribution in [0.5, 0.6) is 5.75 Å². The second kappa shape index (κ2) is 9.04. The van der Waals surface area contributed by atoms with Crippen LogP contribution in [0.1, 0.15) is 42.1 Å². The zero-order chi connectivity index (χ0) is 19.2. The van der Waals surface area contributed by atoms with Gasteiger partial charge in [0.1, 0.15) is 5.75 Å². The van der Waals surface area contributed by atoms with Gasteiger partial charge in [0.25, 0.3) is 5.91 Å². The fourth-order valence-electron chi connectivity index (χ4n) is 3.11. The standard InChI is InChI=1S/C21H29N3O3/c1-16(2)8-13-26-19-6-4-18(5-7-19)21(25)24-11-9-23(10-12-24)15-20-14-17(3)22-27-20/h4-7,14,16H,8-13,15H2,1-3H3. The van der Waals surface area contributed by atoms with E-state index < -0.39 is 0 Å². The molecular formula is C21H29N3O3. The predicted octanol–water partition coefficient (Wildman–Crippen LogP) is 3.37. The lowest BCUT2D eigenvalue weighted by Crippen LogP contribution is -2.48. The lowest BCUT2D eigenvalue weighted by molar-refractivity contribution is 0.0617. The highest BCUT2D eigenvalue weighted by Gasteiger charge is 2.23. The number of aromatic nitrogens is 1. The number of ether oxygens (including phenoxy) is 1. The summed E-state index contributed by atoms with van der Waals surface area (Å²) in [5.41, 5.74) is 1.61. The Labute approximate surface area is 161 Å². The molecule has 0 radical (unpaired) electrons. The molecule has 0 bridgehead atoms. The molecule has 0 atom stereocenters. The smallest absolute Gasteiger partial charge is 0.253 e. The van der Waals surface area contributed by atoms with Crippen LogP contribution in [0.15, 0.2) is 34.9 Å². The summed E-state index contributed by atoms with van der Waals surface area (Å²) in [5.74, 6) is 2.40. The number of carbonyl (C=O) groups excluding carboxylic acids is 1. The Kier molecular flexibility index (Phi) is 6.50. The summed E-state index contributed by atoms with van der Waals surface area (Å²) in [5, 5.41) is 3.92. The molecule has 1 aromatic heterocycles. The van der Waals surface area contributed by atoms with Crippen molar-refractivity contribution in [1.82, 2.24) is 15.0 Å². The highest BCUT2D eigenvalue weighted by atomic mass is 16.5. The number of amides is 1. The third-order valence-electron chi connectivity index (χ3n) is 4.78. The Balaban J connectivity index is 1.47. The van der Waals surface area contributed by atoms with Crippen LogP contribution in [0, 0.1) is 12.8 Å². The van der Waals surface area contributed by atoms with Crippen molar-refractivity contribution in [3.8, 4) is 5.75 Å². The maximum atomic E-state index is 12.7. The fourth-order valence-corrected chi connectivity index (χ4v) is 3.11. The van der Waals surface area contributed by atoms with E-state index in [1.165, 1.54) is 0 Å². The van der Waals surface area contributed by atoms with E-state index in [1.807, 2.05) is 42.2 Å². The van der Waals surface area contributed by atoms with Gasteiger partial charge < -0.3 is 14.2 Å². The number of carbonyl (C=O) groups is 1. The SMILES string of the molecule is Cc1cc(CN2CCN(C(=O)c3ccc(OCCC(C)C)cc3)CC2)on1. The van der Waals surface area contributed by atoms with E-state index in [0.29, 0.717) is 18.1 Å². The molecule has 0 saturated carbocycles. The number of hydrogen-bond acceptors (Lipinski definition) is 5. The first-order valence-corrected chi connectivity index (χ1v) is 9.68. The van der Waals surface area contributed by atoms with Crippen molar-refractivity contribution in [3.05, 3.63) is 47.3 Å². The maximum Gasteiger partial charge on any atom is 0.253 e. The summed E-state index contributed by atoms with van der Waals surface area (Å²) in [6.45, 7) is 10.8. The van der Waals surface area contributed by atoms with E-state index in [-0.39, 0.29) is 5.91 Å². The number of aryl methyl sites for hydroxylation is 1. The molecule has 0 spiro atoms. The minimum atomic E-state index is 0.0823. The molecular weight excluding hydrogens is 342 g/mol. The molecule has 2 aromatic rings. The van der Waals surface area contributed by atoms with Crippen LogP contribution in [0.4, 0.5) is 0 Å². The monoisotopic (exact) mass is 371 g/mol. The van der Waals surface area contributed by atoms with Crippen LogP contribution in [-0.2, 0) is 6.54 Å². The average Bonchev–Trinajstić information content (AvgIpc) is 3.07. The first-order chi connectivity index (χ1) is 13.0. The molecule has 1 aromatic carbocycles. The number of piperazine rings is 1. The third kappa shape index (κ3) is 5.57. The van der Waals surface area contributed by atoms with Gasteiger partial charge in [0.15, 0.2) is 5.76 Å². The summed E-state index contributed by atoms with van der Waals surface area (Å²) in [6, 6.07) is 9.45. The van der Waals surface area contributed by atoms with Crippen molar-refractivity contribution >= 4 is 5.91 Å². The van der Waals surface area contributed by atoms with Crippen molar-refractivity contribution in [1.29, 1.82) is 0 Å². The molecule has 6 nitrogen and oxygen atoms in total. The van der Waals surface area contributed by atoms with Crippen molar-refractivity contribution < 1.29 is 14.1 Å². The highest BCUT2D eigenvalue weighted by Crippen LogP contribution is 2.16. The average molecular weight is 371 g/mol. The second-order valence-electron chi connectivity index (χ2n) is 7.56. The predicted molar refractivity (Wildman–Crippen MR) is 104 cm³/mol. The first-order valence-electron chi connectivity index (χ1n) is 9.68. The lowest BCUT2D eigenvalue weighted by Gasteiger charge is -2.34. The van der Waals surface area contributed by atoms with Crippen molar-refractivity contribution in [2.75, 3.05) is 32.8 Å². The Bertz CT molecular complexity index is 731. The number of nitrogens with zero attached hydrogens (tertiary/aromatic N) is 3. The molecule has 27 heavy (non-hydrogen) atoms. The number of rotatable bonds is 7. The Morgan fingerprint density at radius 1 is 1.19 bits per heavy atom. The molecule has 3 rings (SSSR count). The van der Waals surface area contributed by atoms with E-state index in [4.69, 9.17) is 9.26 Å². The van der Waals surface area contributed by atoms with Crippen LogP contribution < -0.4 is 4.74 Å². The van der Waals surface area contributed by atoms with Crippen molar-refractivity contribution in [2.45, 2.75) is 33.7 Å². The van der Waals surface area contributed by atoms with E-state index in [9.17, 15) is 4.79 Å². The fraction of sp³-hybridized carbons (Fsp3) is 0.524. The maximum absolute atomic E-state index is 12.7. The molecule has 0 aliphatic carbocycles.